The monoisotopic (exact) mass is 421 g/mol. The topological polar surface area (TPSA) is 124 Å². The molecule has 3 heterocycles. The molecular formula is C21H27N9O. The van der Waals surface area contributed by atoms with Gasteiger partial charge in [-0.25, -0.2) is 0 Å². The van der Waals surface area contributed by atoms with E-state index in [0.717, 1.165) is 34.4 Å². The highest BCUT2D eigenvalue weighted by Crippen LogP contribution is 2.30. The van der Waals surface area contributed by atoms with E-state index in [1.54, 1.807) is 18.3 Å². The number of H-pyrrole nitrogens is 1. The number of likely N-dealkylation sites (N-methyl/N-ethyl adjacent to an activating group) is 1. The normalized spacial score (nSPS) is 12.7. The van der Waals surface area contributed by atoms with Crippen molar-refractivity contribution >= 4 is 16.8 Å². The number of amides is 1. The smallest absolute Gasteiger partial charge is 0.248 e. The summed E-state index contributed by atoms with van der Waals surface area (Å²) in [5.74, 6) is 0.657. The highest BCUT2D eigenvalue weighted by molar-refractivity contribution is 6.02. The van der Waals surface area contributed by atoms with Crippen LogP contribution in [-0.2, 0) is 13.1 Å². The van der Waals surface area contributed by atoms with E-state index >= 15 is 0 Å². The number of benzene rings is 1. The third-order valence-electron chi connectivity index (χ3n) is 5.55. The standard InChI is InChI=1S/C21H27N9O/c1-6-29-18(7-12(2)27-29)21-24-20(25-26-21)15-8-14(19(22)31)9-17-16(15)10-23-30(17)11-13(3)28(4)5/h7-10,13H,6,11H2,1-5H3,(H2,22,31)(H,24,25,26). The molecule has 0 aliphatic carbocycles. The Morgan fingerprint density at radius 2 is 1.94 bits per heavy atom. The first kappa shape index (κ1) is 20.7. The largest absolute Gasteiger partial charge is 0.366 e. The van der Waals surface area contributed by atoms with Gasteiger partial charge in [0.25, 0.3) is 0 Å². The van der Waals surface area contributed by atoms with Gasteiger partial charge in [0.1, 0.15) is 5.69 Å². The number of nitrogens with one attached hydrogen (secondary N) is 1. The summed E-state index contributed by atoms with van der Waals surface area (Å²) in [4.78, 5) is 17.4. The van der Waals surface area contributed by atoms with Gasteiger partial charge in [0.05, 0.1) is 24.0 Å². The lowest BCUT2D eigenvalue weighted by Crippen LogP contribution is -2.29. The third kappa shape index (κ3) is 3.81. The molecule has 4 aromatic rings. The van der Waals surface area contributed by atoms with Crippen LogP contribution in [0.25, 0.3) is 33.8 Å². The summed E-state index contributed by atoms with van der Waals surface area (Å²) >= 11 is 0. The molecule has 10 nitrogen and oxygen atoms in total. The number of nitrogens with zero attached hydrogens (tertiary/aromatic N) is 7. The van der Waals surface area contributed by atoms with Gasteiger partial charge in [0, 0.05) is 29.1 Å². The Hall–Kier alpha value is -3.53. The maximum Gasteiger partial charge on any atom is 0.248 e. The number of aromatic nitrogens is 7. The highest BCUT2D eigenvalue weighted by atomic mass is 16.1. The van der Waals surface area contributed by atoms with Crippen molar-refractivity contribution in [3.8, 4) is 22.9 Å². The van der Waals surface area contributed by atoms with E-state index < -0.39 is 5.91 Å². The average Bonchev–Trinajstić information content (AvgIpc) is 3.45. The molecule has 0 aliphatic heterocycles. The maximum absolute atomic E-state index is 12.0. The molecule has 162 valence electrons. The molecule has 10 heteroatoms. The molecule has 0 saturated carbocycles. The summed E-state index contributed by atoms with van der Waals surface area (Å²) in [6, 6.07) is 5.74. The Morgan fingerprint density at radius 3 is 2.61 bits per heavy atom. The van der Waals surface area contributed by atoms with E-state index in [1.807, 2.05) is 43.4 Å². The fraction of sp³-hybridized carbons (Fsp3) is 0.381. The van der Waals surface area contributed by atoms with Crippen molar-refractivity contribution in [2.75, 3.05) is 14.1 Å². The first-order valence-electron chi connectivity index (χ1n) is 10.2. The second kappa shape index (κ2) is 7.95. The van der Waals surface area contributed by atoms with Gasteiger partial charge in [-0.2, -0.15) is 10.2 Å². The minimum atomic E-state index is -0.504. The minimum absolute atomic E-state index is 0.262. The fourth-order valence-electron chi connectivity index (χ4n) is 3.55. The van der Waals surface area contributed by atoms with Crippen LogP contribution in [-0.4, -0.2) is 65.7 Å². The zero-order valence-electron chi connectivity index (χ0n) is 18.4. The first-order valence-corrected chi connectivity index (χ1v) is 10.2. The maximum atomic E-state index is 12.0. The molecule has 3 aromatic heterocycles. The van der Waals surface area contributed by atoms with Crippen LogP contribution < -0.4 is 5.73 Å². The van der Waals surface area contributed by atoms with Crippen molar-refractivity contribution in [1.82, 2.24) is 39.6 Å². The predicted octanol–water partition coefficient (Wildman–Crippen LogP) is 2.06. The Labute approximate surface area is 180 Å². The number of carbonyl (C=O) groups excluding carboxylic acids is 1. The molecule has 0 saturated heterocycles. The number of aromatic amines is 1. The summed E-state index contributed by atoms with van der Waals surface area (Å²) in [7, 11) is 4.05. The van der Waals surface area contributed by atoms with Crippen LogP contribution in [0.3, 0.4) is 0 Å². The number of nitrogens with two attached hydrogens (primary N) is 1. The molecule has 1 unspecified atom stereocenters. The first-order chi connectivity index (χ1) is 14.8. The molecule has 1 amide bonds. The zero-order valence-corrected chi connectivity index (χ0v) is 18.4. The number of rotatable bonds is 7. The molecule has 0 bridgehead atoms. The Kier molecular flexibility index (Phi) is 5.32. The molecule has 31 heavy (non-hydrogen) atoms. The van der Waals surface area contributed by atoms with E-state index in [2.05, 4.69) is 37.2 Å². The van der Waals surface area contributed by atoms with Crippen molar-refractivity contribution in [2.24, 2.45) is 5.73 Å². The van der Waals surface area contributed by atoms with E-state index in [0.29, 0.717) is 23.8 Å². The second-order valence-corrected chi connectivity index (χ2v) is 7.97. The lowest BCUT2D eigenvalue weighted by molar-refractivity contribution is 0.100. The Balaban J connectivity index is 1.83. The van der Waals surface area contributed by atoms with Crippen molar-refractivity contribution in [3.05, 3.63) is 35.7 Å². The zero-order chi connectivity index (χ0) is 22.3. The Morgan fingerprint density at radius 1 is 1.19 bits per heavy atom. The van der Waals surface area contributed by atoms with Gasteiger partial charge in [-0.3, -0.25) is 14.2 Å². The van der Waals surface area contributed by atoms with Crippen molar-refractivity contribution in [3.63, 3.8) is 0 Å². The molecule has 0 fully saturated rings. The van der Waals surface area contributed by atoms with Crippen LogP contribution in [0.5, 0.6) is 0 Å². The molecule has 1 atom stereocenters. The van der Waals surface area contributed by atoms with Crippen LogP contribution >= 0.6 is 0 Å². The molecule has 0 spiro atoms. The lowest BCUT2D eigenvalue weighted by Gasteiger charge is -2.20. The van der Waals surface area contributed by atoms with Crippen LogP contribution in [0.15, 0.2) is 24.4 Å². The molecular weight excluding hydrogens is 394 g/mol. The number of fused-ring (bicyclic) bond motifs is 1. The van der Waals surface area contributed by atoms with E-state index in [-0.39, 0.29) is 6.04 Å². The molecule has 0 aliphatic rings. The van der Waals surface area contributed by atoms with Gasteiger partial charge >= 0.3 is 0 Å². The summed E-state index contributed by atoms with van der Waals surface area (Å²) < 4.78 is 3.76. The van der Waals surface area contributed by atoms with Gasteiger partial charge < -0.3 is 15.6 Å². The number of hydrogen-bond donors (Lipinski definition) is 2. The van der Waals surface area contributed by atoms with Crippen molar-refractivity contribution in [1.29, 1.82) is 0 Å². The summed E-state index contributed by atoms with van der Waals surface area (Å²) in [6.07, 6.45) is 1.79. The summed E-state index contributed by atoms with van der Waals surface area (Å²) in [6.45, 7) is 7.48. The van der Waals surface area contributed by atoms with Gasteiger partial charge in [0.2, 0.25) is 5.91 Å². The minimum Gasteiger partial charge on any atom is -0.366 e. The number of primary amides is 1. The summed E-state index contributed by atoms with van der Waals surface area (Å²) in [5.41, 5.74) is 9.34. The van der Waals surface area contributed by atoms with Gasteiger partial charge in [0.15, 0.2) is 11.6 Å². The van der Waals surface area contributed by atoms with E-state index in [9.17, 15) is 4.79 Å². The highest BCUT2D eigenvalue weighted by Gasteiger charge is 2.19. The SMILES string of the molecule is CCn1nc(C)cc1-c1nnc(-c2cc(C(N)=O)cc3c2cnn3CC(C)N(C)C)[nH]1. The Bertz CT molecular complexity index is 1250. The molecule has 0 radical (unpaired) electrons. The number of hydrogen-bond acceptors (Lipinski definition) is 6. The van der Waals surface area contributed by atoms with Crippen molar-refractivity contribution < 1.29 is 4.79 Å². The van der Waals surface area contributed by atoms with E-state index in [4.69, 9.17) is 5.73 Å². The lowest BCUT2D eigenvalue weighted by atomic mass is 10.0. The fourth-order valence-corrected chi connectivity index (χ4v) is 3.55. The molecule has 3 N–H and O–H groups in total. The summed E-state index contributed by atoms with van der Waals surface area (Å²) in [5, 5.41) is 18.6. The number of aryl methyl sites for hydroxylation is 2. The molecule has 1 aromatic carbocycles. The van der Waals surface area contributed by atoms with Crippen LogP contribution in [0.4, 0.5) is 0 Å². The van der Waals surface area contributed by atoms with Gasteiger partial charge in [-0.15, -0.1) is 10.2 Å². The van der Waals surface area contributed by atoms with Crippen LogP contribution in [0.1, 0.15) is 29.9 Å². The van der Waals surface area contributed by atoms with Crippen LogP contribution in [0.2, 0.25) is 0 Å². The van der Waals surface area contributed by atoms with E-state index in [1.165, 1.54) is 0 Å². The predicted molar refractivity (Wildman–Crippen MR) is 118 cm³/mol. The van der Waals surface area contributed by atoms with Gasteiger partial charge in [-0.1, -0.05) is 0 Å². The molecule has 4 rings (SSSR count). The van der Waals surface area contributed by atoms with Crippen molar-refractivity contribution in [2.45, 2.75) is 39.9 Å². The third-order valence-corrected chi connectivity index (χ3v) is 5.55. The quantitative estimate of drug-likeness (QED) is 0.471. The van der Waals surface area contributed by atoms with Crippen LogP contribution in [0, 0.1) is 6.92 Å². The average molecular weight is 422 g/mol. The number of carbonyl (C=O) groups is 1. The van der Waals surface area contributed by atoms with Gasteiger partial charge in [-0.05, 0) is 53.1 Å². The second-order valence-electron chi connectivity index (χ2n) is 7.97.